The van der Waals surface area contributed by atoms with Gasteiger partial charge >= 0.3 is 5.97 Å². The van der Waals surface area contributed by atoms with Gasteiger partial charge < -0.3 is 15.8 Å². The van der Waals surface area contributed by atoms with Crippen molar-refractivity contribution >= 4 is 11.9 Å². The quantitative estimate of drug-likeness (QED) is 0.645. The number of nitrogens with one attached hydrogen (secondary N) is 1. The summed E-state index contributed by atoms with van der Waals surface area (Å²) in [7, 11) is 1.32. The molecule has 1 unspecified atom stereocenters. The minimum atomic E-state index is -0.576. The summed E-state index contributed by atoms with van der Waals surface area (Å²) in [5.74, 6) is -0.653. The van der Waals surface area contributed by atoms with Crippen molar-refractivity contribution in [3.05, 3.63) is 0 Å². The van der Waals surface area contributed by atoms with E-state index >= 15 is 0 Å². The van der Waals surface area contributed by atoms with E-state index in [1.165, 1.54) is 7.11 Å². The lowest BCUT2D eigenvalue weighted by Gasteiger charge is -2.21. The van der Waals surface area contributed by atoms with Crippen molar-refractivity contribution in [1.82, 2.24) is 5.32 Å². The molecule has 0 saturated heterocycles. The van der Waals surface area contributed by atoms with E-state index in [-0.39, 0.29) is 17.7 Å². The number of hydrogen-bond acceptors (Lipinski definition) is 4. The fourth-order valence-electron chi connectivity index (χ4n) is 1.48. The van der Waals surface area contributed by atoms with Crippen molar-refractivity contribution in [1.29, 1.82) is 0 Å². The molecule has 0 fully saturated rings. The minimum Gasteiger partial charge on any atom is -0.467 e. The molecule has 0 aliphatic heterocycles. The Bertz CT molecular complexity index is 254. The van der Waals surface area contributed by atoms with E-state index < -0.39 is 12.0 Å². The zero-order valence-electron chi connectivity index (χ0n) is 11.2. The minimum absolute atomic E-state index is 0.00751. The molecular formula is C12H24N2O3. The zero-order valence-corrected chi connectivity index (χ0v) is 11.2. The summed E-state index contributed by atoms with van der Waals surface area (Å²) in [5, 5.41) is 2.72. The van der Waals surface area contributed by atoms with Crippen LogP contribution >= 0.6 is 0 Å². The molecule has 0 bridgehead atoms. The highest BCUT2D eigenvalue weighted by molar-refractivity contribution is 5.85. The van der Waals surface area contributed by atoms with Gasteiger partial charge in [0.05, 0.1) is 7.11 Å². The summed E-state index contributed by atoms with van der Waals surface area (Å²) >= 11 is 0. The molecule has 0 aliphatic carbocycles. The zero-order chi connectivity index (χ0) is 13.4. The Morgan fingerprint density at radius 2 is 1.88 bits per heavy atom. The Labute approximate surface area is 103 Å². The number of rotatable bonds is 7. The van der Waals surface area contributed by atoms with Gasteiger partial charge in [-0.25, -0.2) is 4.79 Å². The molecule has 0 rings (SSSR count). The maximum Gasteiger partial charge on any atom is 0.328 e. The second-order valence-electron chi connectivity index (χ2n) is 4.59. The molecule has 0 heterocycles. The third-order valence-electron chi connectivity index (χ3n) is 2.71. The third-order valence-corrected chi connectivity index (χ3v) is 2.71. The molecule has 0 aromatic heterocycles. The first-order chi connectivity index (χ1) is 7.93. The second kappa shape index (κ2) is 8.06. The van der Waals surface area contributed by atoms with Crippen LogP contribution in [0.1, 0.15) is 33.6 Å². The SMILES string of the molecule is COC(=O)[C@@H](NC(=O)C(C)CCCN)C(C)C. The largest absolute Gasteiger partial charge is 0.467 e. The van der Waals surface area contributed by atoms with Crippen molar-refractivity contribution in [3.8, 4) is 0 Å². The van der Waals surface area contributed by atoms with Crippen molar-refractivity contribution in [2.45, 2.75) is 39.7 Å². The average molecular weight is 244 g/mol. The molecule has 0 aromatic carbocycles. The number of carbonyl (C=O) groups excluding carboxylic acids is 2. The van der Waals surface area contributed by atoms with Crippen molar-refractivity contribution in [3.63, 3.8) is 0 Å². The van der Waals surface area contributed by atoms with Crippen LogP contribution in [0.3, 0.4) is 0 Å². The van der Waals surface area contributed by atoms with Gasteiger partial charge in [-0.15, -0.1) is 0 Å². The van der Waals surface area contributed by atoms with Gasteiger partial charge in [-0.2, -0.15) is 0 Å². The fraction of sp³-hybridized carbons (Fsp3) is 0.833. The second-order valence-corrected chi connectivity index (χ2v) is 4.59. The maximum absolute atomic E-state index is 11.8. The predicted octanol–water partition coefficient (Wildman–Crippen LogP) is 0.675. The number of amides is 1. The highest BCUT2D eigenvalue weighted by Gasteiger charge is 2.26. The van der Waals surface area contributed by atoms with Crippen LogP contribution in [-0.2, 0) is 14.3 Å². The highest BCUT2D eigenvalue weighted by atomic mass is 16.5. The van der Waals surface area contributed by atoms with Crippen LogP contribution < -0.4 is 11.1 Å². The Morgan fingerprint density at radius 1 is 1.29 bits per heavy atom. The van der Waals surface area contributed by atoms with Crippen molar-refractivity contribution < 1.29 is 14.3 Å². The predicted molar refractivity (Wildman–Crippen MR) is 66.2 cm³/mol. The van der Waals surface area contributed by atoms with Crippen LogP contribution in [-0.4, -0.2) is 31.6 Å². The molecule has 0 aliphatic rings. The summed E-state index contributed by atoms with van der Waals surface area (Å²) in [4.78, 5) is 23.3. The number of nitrogens with two attached hydrogens (primary N) is 1. The maximum atomic E-state index is 11.8. The van der Waals surface area contributed by atoms with Crippen LogP contribution in [0.25, 0.3) is 0 Å². The van der Waals surface area contributed by atoms with E-state index in [4.69, 9.17) is 5.73 Å². The number of ether oxygens (including phenoxy) is 1. The van der Waals surface area contributed by atoms with E-state index in [1.54, 1.807) is 0 Å². The number of hydrogen-bond donors (Lipinski definition) is 2. The number of esters is 1. The summed E-state index contributed by atoms with van der Waals surface area (Å²) in [6, 6.07) is -0.576. The van der Waals surface area contributed by atoms with Crippen LogP contribution in [0, 0.1) is 11.8 Å². The molecule has 5 nitrogen and oxygen atoms in total. The topological polar surface area (TPSA) is 81.4 Å². The lowest BCUT2D eigenvalue weighted by molar-refractivity contribution is -0.146. The monoisotopic (exact) mass is 244 g/mol. The lowest BCUT2D eigenvalue weighted by Crippen LogP contribution is -2.46. The van der Waals surface area contributed by atoms with Gasteiger partial charge in [0.1, 0.15) is 6.04 Å². The van der Waals surface area contributed by atoms with E-state index in [2.05, 4.69) is 10.1 Å². The first-order valence-corrected chi connectivity index (χ1v) is 6.02. The molecule has 2 atom stereocenters. The molecule has 0 spiro atoms. The van der Waals surface area contributed by atoms with Crippen LogP contribution in [0.2, 0.25) is 0 Å². The molecule has 17 heavy (non-hydrogen) atoms. The van der Waals surface area contributed by atoms with Gasteiger partial charge in [0.2, 0.25) is 5.91 Å². The van der Waals surface area contributed by atoms with Gasteiger partial charge in [-0.1, -0.05) is 20.8 Å². The van der Waals surface area contributed by atoms with E-state index in [0.717, 1.165) is 12.8 Å². The molecule has 0 radical (unpaired) electrons. The van der Waals surface area contributed by atoms with Gasteiger partial charge in [0.15, 0.2) is 0 Å². The molecule has 5 heteroatoms. The first-order valence-electron chi connectivity index (χ1n) is 6.02. The van der Waals surface area contributed by atoms with Crippen LogP contribution in [0.4, 0.5) is 0 Å². The standard InChI is InChI=1S/C12H24N2O3/c1-8(2)10(12(16)17-4)14-11(15)9(3)6-5-7-13/h8-10H,5-7,13H2,1-4H3,(H,14,15)/t9?,10-/m0/s1. The molecule has 1 amide bonds. The molecule has 3 N–H and O–H groups in total. The Kier molecular flexibility index (Phi) is 7.54. The van der Waals surface area contributed by atoms with Gasteiger partial charge in [0.25, 0.3) is 0 Å². The summed E-state index contributed by atoms with van der Waals surface area (Å²) in [6.07, 6.45) is 1.54. The van der Waals surface area contributed by atoms with E-state index in [9.17, 15) is 9.59 Å². The van der Waals surface area contributed by atoms with Crippen LogP contribution in [0.5, 0.6) is 0 Å². The average Bonchev–Trinajstić information content (AvgIpc) is 2.31. The molecular weight excluding hydrogens is 220 g/mol. The summed E-state index contributed by atoms with van der Waals surface area (Å²) < 4.78 is 4.66. The smallest absolute Gasteiger partial charge is 0.328 e. The van der Waals surface area contributed by atoms with Crippen LogP contribution in [0.15, 0.2) is 0 Å². The normalized spacial score (nSPS) is 14.2. The Morgan fingerprint density at radius 3 is 2.29 bits per heavy atom. The fourth-order valence-corrected chi connectivity index (χ4v) is 1.48. The van der Waals surface area contributed by atoms with Crippen molar-refractivity contribution in [2.24, 2.45) is 17.6 Å². The lowest BCUT2D eigenvalue weighted by atomic mass is 10.0. The molecule has 100 valence electrons. The van der Waals surface area contributed by atoms with Gasteiger partial charge in [-0.05, 0) is 25.3 Å². The number of carbonyl (C=O) groups is 2. The van der Waals surface area contributed by atoms with Gasteiger partial charge in [0, 0.05) is 5.92 Å². The van der Waals surface area contributed by atoms with E-state index in [1.807, 2.05) is 20.8 Å². The number of methoxy groups -OCH3 is 1. The summed E-state index contributed by atoms with van der Waals surface area (Å²) in [5.41, 5.74) is 5.39. The third kappa shape index (κ3) is 5.68. The molecule has 0 saturated carbocycles. The molecule has 0 aromatic rings. The first kappa shape index (κ1) is 15.9. The Balaban J connectivity index is 4.35. The highest BCUT2D eigenvalue weighted by Crippen LogP contribution is 2.08. The van der Waals surface area contributed by atoms with E-state index in [0.29, 0.717) is 6.54 Å². The van der Waals surface area contributed by atoms with Gasteiger partial charge in [-0.3, -0.25) is 4.79 Å². The van der Waals surface area contributed by atoms with Crippen molar-refractivity contribution in [2.75, 3.05) is 13.7 Å². The Hall–Kier alpha value is -1.10. The summed E-state index contributed by atoms with van der Waals surface area (Å²) in [6.45, 7) is 6.14.